The van der Waals surface area contributed by atoms with E-state index in [0.29, 0.717) is 0 Å². The van der Waals surface area contributed by atoms with Gasteiger partial charge in [0.1, 0.15) is 0 Å². The van der Waals surface area contributed by atoms with Crippen LogP contribution < -0.4 is 0 Å². The van der Waals surface area contributed by atoms with Crippen LogP contribution in [0.15, 0.2) is 0 Å². The maximum atomic E-state index is 2.33. The molecule has 0 amide bonds. The Morgan fingerprint density at radius 3 is 0.917 bits per heavy atom. The lowest BCUT2D eigenvalue weighted by Gasteiger charge is -2.17. The molecule has 0 N–H and O–H groups in total. The minimum atomic E-state index is 1.05. The van der Waals surface area contributed by atoms with Gasteiger partial charge >= 0.3 is 0 Å². The summed E-state index contributed by atoms with van der Waals surface area (Å²) in [5.41, 5.74) is 0. The average molecular weight is 339 g/mol. The second-order valence-corrected chi connectivity index (χ2v) is 8.18. The van der Waals surface area contributed by atoms with E-state index in [0.717, 1.165) is 5.92 Å². The molecule has 0 rings (SSSR count). The van der Waals surface area contributed by atoms with Gasteiger partial charge in [0.2, 0.25) is 0 Å². The van der Waals surface area contributed by atoms with E-state index in [2.05, 4.69) is 20.8 Å². The van der Waals surface area contributed by atoms with Gasteiger partial charge in [-0.15, -0.1) is 0 Å². The molecule has 0 heterocycles. The van der Waals surface area contributed by atoms with Gasteiger partial charge in [-0.05, 0) is 5.92 Å². The van der Waals surface area contributed by atoms with Crippen LogP contribution in [0.2, 0.25) is 0 Å². The van der Waals surface area contributed by atoms with Gasteiger partial charge in [0.15, 0.2) is 0 Å². The summed E-state index contributed by atoms with van der Waals surface area (Å²) in [6, 6.07) is 0. The molecule has 0 aliphatic carbocycles. The molecule has 0 aromatic carbocycles. The molecule has 1 unspecified atom stereocenters. The SMILES string of the molecule is CCCCCCCCCC(CCCCCC)CCCCCCCC. The smallest absolute Gasteiger partial charge is 0.0414 e. The third-order valence-electron chi connectivity index (χ3n) is 5.65. The first-order valence-electron chi connectivity index (χ1n) is 11.8. The molecule has 1 atom stereocenters. The Bertz CT molecular complexity index is 208. The number of unbranched alkanes of at least 4 members (excludes halogenated alkanes) is 14. The number of hydrogen-bond donors (Lipinski definition) is 0. The first-order valence-corrected chi connectivity index (χ1v) is 11.8. The monoisotopic (exact) mass is 338 g/mol. The second-order valence-electron chi connectivity index (χ2n) is 8.18. The van der Waals surface area contributed by atoms with Crippen LogP contribution in [0, 0.1) is 5.92 Å². The Morgan fingerprint density at radius 1 is 0.333 bits per heavy atom. The van der Waals surface area contributed by atoms with Gasteiger partial charge in [0.25, 0.3) is 0 Å². The maximum absolute atomic E-state index is 2.33. The van der Waals surface area contributed by atoms with E-state index >= 15 is 0 Å². The summed E-state index contributed by atoms with van der Waals surface area (Å²) < 4.78 is 0. The zero-order chi connectivity index (χ0) is 17.7. The lowest BCUT2D eigenvalue weighted by molar-refractivity contribution is 0.366. The summed E-state index contributed by atoms with van der Waals surface area (Å²) in [5, 5.41) is 0. The summed E-state index contributed by atoms with van der Waals surface area (Å²) >= 11 is 0. The van der Waals surface area contributed by atoms with Crippen LogP contribution in [-0.4, -0.2) is 0 Å². The predicted molar refractivity (Wildman–Crippen MR) is 113 cm³/mol. The highest BCUT2D eigenvalue weighted by Crippen LogP contribution is 2.24. The molecule has 0 nitrogen and oxygen atoms in total. The van der Waals surface area contributed by atoms with Crippen LogP contribution in [0.3, 0.4) is 0 Å². The molecule has 0 bridgehead atoms. The van der Waals surface area contributed by atoms with Crippen molar-refractivity contribution in [1.29, 1.82) is 0 Å². The average Bonchev–Trinajstić information content (AvgIpc) is 2.60. The van der Waals surface area contributed by atoms with E-state index < -0.39 is 0 Å². The van der Waals surface area contributed by atoms with Gasteiger partial charge in [-0.25, -0.2) is 0 Å². The van der Waals surface area contributed by atoms with Crippen molar-refractivity contribution in [2.45, 2.75) is 149 Å². The van der Waals surface area contributed by atoms with Crippen LogP contribution >= 0.6 is 0 Å². The van der Waals surface area contributed by atoms with Crippen molar-refractivity contribution < 1.29 is 0 Å². The molecule has 0 radical (unpaired) electrons. The standard InChI is InChI=1S/C24H50/c1-4-7-10-13-15-17-20-23-24(21-18-12-9-6-3)22-19-16-14-11-8-5-2/h24H,4-23H2,1-3H3. The Morgan fingerprint density at radius 2 is 0.583 bits per heavy atom. The fourth-order valence-electron chi connectivity index (χ4n) is 3.90. The van der Waals surface area contributed by atoms with Crippen molar-refractivity contribution >= 4 is 0 Å². The molecule has 0 saturated carbocycles. The molecule has 0 heteroatoms. The van der Waals surface area contributed by atoms with Gasteiger partial charge < -0.3 is 0 Å². The van der Waals surface area contributed by atoms with E-state index in [9.17, 15) is 0 Å². The van der Waals surface area contributed by atoms with Crippen molar-refractivity contribution in [3.05, 3.63) is 0 Å². The summed E-state index contributed by atoms with van der Waals surface area (Å²) in [7, 11) is 0. The molecule has 0 spiro atoms. The van der Waals surface area contributed by atoms with Gasteiger partial charge in [0, 0.05) is 0 Å². The van der Waals surface area contributed by atoms with Gasteiger partial charge in [-0.1, -0.05) is 149 Å². The van der Waals surface area contributed by atoms with Crippen LogP contribution in [-0.2, 0) is 0 Å². The number of rotatable bonds is 20. The molecular weight excluding hydrogens is 288 g/mol. The molecular formula is C24H50. The zero-order valence-electron chi connectivity index (χ0n) is 17.7. The third kappa shape index (κ3) is 18.3. The highest BCUT2D eigenvalue weighted by atomic mass is 14.1. The van der Waals surface area contributed by atoms with E-state index in [1.165, 1.54) is 128 Å². The van der Waals surface area contributed by atoms with E-state index in [1.54, 1.807) is 0 Å². The maximum Gasteiger partial charge on any atom is -0.0414 e. The van der Waals surface area contributed by atoms with Crippen molar-refractivity contribution in [2.75, 3.05) is 0 Å². The summed E-state index contributed by atoms with van der Waals surface area (Å²) in [4.78, 5) is 0. The summed E-state index contributed by atoms with van der Waals surface area (Å²) in [5.74, 6) is 1.05. The van der Waals surface area contributed by atoms with Crippen LogP contribution in [0.1, 0.15) is 149 Å². The fraction of sp³-hybridized carbons (Fsp3) is 1.00. The van der Waals surface area contributed by atoms with Crippen LogP contribution in [0.25, 0.3) is 0 Å². The van der Waals surface area contributed by atoms with E-state index in [4.69, 9.17) is 0 Å². The molecule has 0 fully saturated rings. The highest BCUT2D eigenvalue weighted by Gasteiger charge is 2.08. The van der Waals surface area contributed by atoms with Crippen LogP contribution in [0.4, 0.5) is 0 Å². The Hall–Kier alpha value is 0. The topological polar surface area (TPSA) is 0 Å². The lowest BCUT2D eigenvalue weighted by atomic mass is 9.89. The lowest BCUT2D eigenvalue weighted by Crippen LogP contribution is -2.01. The van der Waals surface area contributed by atoms with Crippen LogP contribution in [0.5, 0.6) is 0 Å². The molecule has 24 heavy (non-hydrogen) atoms. The molecule has 0 aliphatic rings. The third-order valence-corrected chi connectivity index (χ3v) is 5.65. The predicted octanol–water partition coefficient (Wildman–Crippen LogP) is 9.46. The van der Waals surface area contributed by atoms with Gasteiger partial charge in [-0.2, -0.15) is 0 Å². The van der Waals surface area contributed by atoms with Gasteiger partial charge in [-0.3, -0.25) is 0 Å². The summed E-state index contributed by atoms with van der Waals surface area (Å²) in [6.07, 6.45) is 29.3. The first kappa shape index (κ1) is 24.0. The van der Waals surface area contributed by atoms with Crippen molar-refractivity contribution in [3.63, 3.8) is 0 Å². The quantitative estimate of drug-likeness (QED) is 0.194. The van der Waals surface area contributed by atoms with E-state index in [1.807, 2.05) is 0 Å². The molecule has 0 saturated heterocycles. The van der Waals surface area contributed by atoms with Crippen molar-refractivity contribution in [1.82, 2.24) is 0 Å². The number of hydrogen-bond acceptors (Lipinski definition) is 0. The fourth-order valence-corrected chi connectivity index (χ4v) is 3.90. The van der Waals surface area contributed by atoms with Crippen molar-refractivity contribution in [2.24, 2.45) is 5.92 Å². The zero-order valence-corrected chi connectivity index (χ0v) is 17.7. The minimum absolute atomic E-state index is 1.05. The van der Waals surface area contributed by atoms with E-state index in [-0.39, 0.29) is 0 Å². The minimum Gasteiger partial charge on any atom is -0.0654 e. The Labute approximate surface area is 155 Å². The molecule has 146 valence electrons. The Balaban J connectivity index is 3.70. The van der Waals surface area contributed by atoms with Crippen molar-refractivity contribution in [3.8, 4) is 0 Å². The molecule has 0 aromatic heterocycles. The Kier molecular flexibility index (Phi) is 21.0. The summed E-state index contributed by atoms with van der Waals surface area (Å²) in [6.45, 7) is 6.95. The highest BCUT2D eigenvalue weighted by molar-refractivity contribution is 4.62. The first-order chi connectivity index (χ1) is 11.8. The second kappa shape index (κ2) is 21.0. The largest absolute Gasteiger partial charge is 0.0654 e. The van der Waals surface area contributed by atoms with Gasteiger partial charge in [0.05, 0.1) is 0 Å². The molecule has 0 aliphatic heterocycles. The normalized spacial score (nSPS) is 12.6. The molecule has 0 aromatic rings.